The lowest BCUT2D eigenvalue weighted by molar-refractivity contribution is -0.139. The molecule has 0 heterocycles. The molecule has 0 aromatic carbocycles. The molecule has 0 amide bonds. The Kier molecular flexibility index (Phi) is 18.4. The minimum atomic E-state index is -0.252. The molecule has 0 N–H and O–H groups in total. The summed E-state index contributed by atoms with van der Waals surface area (Å²) >= 11 is 0. The highest BCUT2D eigenvalue weighted by Crippen LogP contribution is 2.21. The number of ether oxygens (including phenoxy) is 1. The predicted molar refractivity (Wildman–Crippen MR) is 114 cm³/mol. The Bertz CT molecular complexity index is 335. The molecule has 0 aromatic heterocycles. The maximum atomic E-state index is 11.3. The molecule has 0 spiro atoms. The smallest absolute Gasteiger partial charge is 0.333 e. The van der Waals surface area contributed by atoms with Crippen molar-refractivity contribution in [3.63, 3.8) is 0 Å². The van der Waals surface area contributed by atoms with Gasteiger partial charge in [-0.2, -0.15) is 0 Å². The molecule has 0 aliphatic carbocycles. The zero-order valence-corrected chi connectivity index (χ0v) is 18.1. The standard InChI is InChI=1S/C24H46O2/c1-5-7-8-9-10-11-12-13-14-15-16-19-23(6-2)20-17-18-21-26-24(25)22(3)4/h23H,3,5-21H2,1-2,4H3. The van der Waals surface area contributed by atoms with E-state index in [2.05, 4.69) is 20.4 Å². The van der Waals surface area contributed by atoms with Crippen LogP contribution in [0.25, 0.3) is 0 Å². The predicted octanol–water partition coefficient (Wildman–Crippen LogP) is 8.00. The van der Waals surface area contributed by atoms with Gasteiger partial charge in [-0.05, 0) is 25.7 Å². The lowest BCUT2D eigenvalue weighted by Crippen LogP contribution is -2.07. The summed E-state index contributed by atoms with van der Waals surface area (Å²) in [5, 5.41) is 0. The molecule has 26 heavy (non-hydrogen) atoms. The summed E-state index contributed by atoms with van der Waals surface area (Å²) in [6.45, 7) is 10.4. The Hall–Kier alpha value is -0.790. The SMILES string of the molecule is C=C(C)C(=O)OCCCCC(CC)CCCCCCCCCCCCC. The minimum absolute atomic E-state index is 0.252. The molecule has 0 rings (SSSR count). The monoisotopic (exact) mass is 366 g/mol. The second-order valence-corrected chi connectivity index (χ2v) is 8.01. The quantitative estimate of drug-likeness (QED) is 0.131. The Balaban J connectivity index is 3.40. The van der Waals surface area contributed by atoms with Crippen LogP contribution in [0, 0.1) is 5.92 Å². The van der Waals surface area contributed by atoms with Gasteiger partial charge >= 0.3 is 5.97 Å². The highest BCUT2D eigenvalue weighted by Gasteiger charge is 2.07. The molecule has 0 radical (unpaired) electrons. The molecule has 0 aliphatic heterocycles. The summed E-state index contributed by atoms with van der Waals surface area (Å²) in [6.07, 6.45) is 21.7. The second kappa shape index (κ2) is 19.0. The molecular weight excluding hydrogens is 320 g/mol. The van der Waals surface area contributed by atoms with E-state index < -0.39 is 0 Å². The third kappa shape index (κ3) is 16.7. The van der Waals surface area contributed by atoms with E-state index in [0.29, 0.717) is 12.2 Å². The number of unbranched alkanes of at least 4 members (excludes halogenated alkanes) is 11. The Labute approximate surface area is 164 Å². The summed E-state index contributed by atoms with van der Waals surface area (Å²) in [4.78, 5) is 11.3. The summed E-state index contributed by atoms with van der Waals surface area (Å²) in [7, 11) is 0. The first kappa shape index (κ1) is 25.2. The highest BCUT2D eigenvalue weighted by atomic mass is 16.5. The minimum Gasteiger partial charge on any atom is -0.462 e. The van der Waals surface area contributed by atoms with Gasteiger partial charge in [0.1, 0.15) is 0 Å². The largest absolute Gasteiger partial charge is 0.462 e. The summed E-state index contributed by atoms with van der Waals surface area (Å²) in [6, 6.07) is 0. The summed E-state index contributed by atoms with van der Waals surface area (Å²) in [5.41, 5.74) is 0.493. The first-order valence-corrected chi connectivity index (χ1v) is 11.4. The van der Waals surface area contributed by atoms with Crippen molar-refractivity contribution in [1.29, 1.82) is 0 Å². The van der Waals surface area contributed by atoms with Crippen molar-refractivity contribution in [2.45, 2.75) is 124 Å². The topological polar surface area (TPSA) is 26.3 Å². The highest BCUT2D eigenvalue weighted by molar-refractivity contribution is 5.86. The van der Waals surface area contributed by atoms with Crippen LogP contribution >= 0.6 is 0 Å². The van der Waals surface area contributed by atoms with Gasteiger partial charge in [-0.1, -0.05) is 110 Å². The molecular formula is C24H46O2. The van der Waals surface area contributed by atoms with Crippen LogP contribution in [0.1, 0.15) is 124 Å². The van der Waals surface area contributed by atoms with Gasteiger partial charge in [0, 0.05) is 5.57 Å². The van der Waals surface area contributed by atoms with E-state index in [4.69, 9.17) is 4.74 Å². The average molecular weight is 367 g/mol. The molecule has 0 saturated heterocycles. The number of hydrogen-bond acceptors (Lipinski definition) is 2. The fourth-order valence-electron chi connectivity index (χ4n) is 3.47. The van der Waals surface area contributed by atoms with Gasteiger partial charge in [0.25, 0.3) is 0 Å². The molecule has 0 bridgehead atoms. The molecule has 0 saturated carbocycles. The van der Waals surface area contributed by atoms with Crippen molar-refractivity contribution < 1.29 is 9.53 Å². The fraction of sp³-hybridized carbons (Fsp3) is 0.875. The Morgan fingerprint density at radius 2 is 1.23 bits per heavy atom. The molecule has 2 nitrogen and oxygen atoms in total. The van der Waals surface area contributed by atoms with Crippen molar-refractivity contribution in [2.24, 2.45) is 5.92 Å². The summed E-state index contributed by atoms with van der Waals surface area (Å²) in [5.74, 6) is 0.600. The van der Waals surface area contributed by atoms with E-state index >= 15 is 0 Å². The fourth-order valence-corrected chi connectivity index (χ4v) is 3.47. The lowest BCUT2D eigenvalue weighted by Gasteiger charge is -2.14. The second-order valence-electron chi connectivity index (χ2n) is 8.01. The molecule has 1 atom stereocenters. The molecule has 2 heteroatoms. The van der Waals surface area contributed by atoms with Crippen LogP contribution < -0.4 is 0 Å². The van der Waals surface area contributed by atoms with E-state index in [1.54, 1.807) is 6.92 Å². The van der Waals surface area contributed by atoms with Gasteiger partial charge in [-0.15, -0.1) is 0 Å². The van der Waals surface area contributed by atoms with E-state index in [-0.39, 0.29) is 5.97 Å². The average Bonchev–Trinajstić information content (AvgIpc) is 2.63. The van der Waals surface area contributed by atoms with Crippen LogP contribution in [-0.2, 0) is 9.53 Å². The summed E-state index contributed by atoms with van der Waals surface area (Å²) < 4.78 is 5.15. The van der Waals surface area contributed by atoms with Crippen molar-refractivity contribution in [2.75, 3.05) is 6.61 Å². The number of carbonyl (C=O) groups is 1. The third-order valence-corrected chi connectivity index (χ3v) is 5.38. The van der Waals surface area contributed by atoms with Gasteiger partial charge in [-0.25, -0.2) is 4.79 Å². The van der Waals surface area contributed by atoms with Gasteiger partial charge in [-0.3, -0.25) is 0 Å². The van der Waals surface area contributed by atoms with Crippen LogP contribution in [0.4, 0.5) is 0 Å². The number of esters is 1. The Morgan fingerprint density at radius 3 is 1.69 bits per heavy atom. The van der Waals surface area contributed by atoms with Gasteiger partial charge < -0.3 is 4.74 Å². The van der Waals surface area contributed by atoms with Crippen LogP contribution in [0.3, 0.4) is 0 Å². The van der Waals surface area contributed by atoms with E-state index in [1.165, 1.54) is 96.3 Å². The van der Waals surface area contributed by atoms with E-state index in [9.17, 15) is 4.79 Å². The molecule has 0 fully saturated rings. The zero-order valence-electron chi connectivity index (χ0n) is 18.1. The molecule has 0 aromatic rings. The van der Waals surface area contributed by atoms with Gasteiger partial charge in [0.2, 0.25) is 0 Å². The maximum Gasteiger partial charge on any atom is 0.333 e. The van der Waals surface area contributed by atoms with Gasteiger partial charge in [0.15, 0.2) is 0 Å². The zero-order chi connectivity index (χ0) is 19.5. The number of hydrogen-bond donors (Lipinski definition) is 0. The van der Waals surface area contributed by atoms with Crippen molar-refractivity contribution in [3.05, 3.63) is 12.2 Å². The van der Waals surface area contributed by atoms with E-state index in [1.807, 2.05) is 0 Å². The number of carbonyl (C=O) groups excluding carboxylic acids is 1. The first-order chi connectivity index (χ1) is 12.6. The van der Waals surface area contributed by atoms with E-state index in [0.717, 1.165) is 12.3 Å². The molecule has 1 unspecified atom stereocenters. The normalized spacial score (nSPS) is 12.1. The molecule has 0 aliphatic rings. The van der Waals surface area contributed by atoms with Crippen LogP contribution in [0.2, 0.25) is 0 Å². The first-order valence-electron chi connectivity index (χ1n) is 11.4. The lowest BCUT2D eigenvalue weighted by atomic mass is 9.93. The van der Waals surface area contributed by atoms with Crippen molar-refractivity contribution in [3.8, 4) is 0 Å². The van der Waals surface area contributed by atoms with Crippen LogP contribution in [-0.4, -0.2) is 12.6 Å². The molecule has 154 valence electrons. The number of rotatable bonds is 19. The third-order valence-electron chi connectivity index (χ3n) is 5.38. The Morgan fingerprint density at radius 1 is 0.769 bits per heavy atom. The van der Waals surface area contributed by atoms with Crippen molar-refractivity contribution in [1.82, 2.24) is 0 Å². The van der Waals surface area contributed by atoms with Crippen LogP contribution in [0.5, 0.6) is 0 Å². The van der Waals surface area contributed by atoms with Crippen LogP contribution in [0.15, 0.2) is 12.2 Å². The van der Waals surface area contributed by atoms with Crippen molar-refractivity contribution >= 4 is 5.97 Å². The van der Waals surface area contributed by atoms with Gasteiger partial charge in [0.05, 0.1) is 6.61 Å². The maximum absolute atomic E-state index is 11.3.